The average Bonchev–Trinajstić information content (AvgIpc) is 2.71. The summed E-state index contributed by atoms with van der Waals surface area (Å²) in [5.41, 5.74) is 8.15. The Bertz CT molecular complexity index is 595. The number of rotatable bonds is 2. The highest BCUT2D eigenvalue weighted by Gasteiger charge is 2.21. The molecule has 0 amide bonds. The van der Waals surface area contributed by atoms with Crippen LogP contribution in [0.4, 0.5) is 5.69 Å². The number of nitrogens with zero attached hydrogens (tertiary/aromatic N) is 3. The van der Waals surface area contributed by atoms with Crippen LogP contribution in [0.3, 0.4) is 0 Å². The van der Waals surface area contributed by atoms with E-state index in [4.69, 9.17) is 10.2 Å². The second-order valence-corrected chi connectivity index (χ2v) is 5.77. The van der Waals surface area contributed by atoms with Crippen molar-refractivity contribution in [2.24, 2.45) is 0 Å². The van der Waals surface area contributed by atoms with Gasteiger partial charge in [-0.25, -0.2) is 4.98 Å². The Labute approximate surface area is 119 Å². The van der Waals surface area contributed by atoms with E-state index < -0.39 is 0 Å². The van der Waals surface area contributed by atoms with Crippen molar-refractivity contribution >= 4 is 16.8 Å². The molecular formula is C15H22N4O. The van der Waals surface area contributed by atoms with Crippen molar-refractivity contribution in [3.8, 4) is 0 Å². The van der Waals surface area contributed by atoms with Crippen LogP contribution < -0.4 is 5.73 Å². The lowest BCUT2D eigenvalue weighted by Gasteiger charge is -2.26. The van der Waals surface area contributed by atoms with Crippen molar-refractivity contribution in [1.82, 2.24) is 14.8 Å². The van der Waals surface area contributed by atoms with Crippen molar-refractivity contribution in [3.63, 3.8) is 0 Å². The summed E-state index contributed by atoms with van der Waals surface area (Å²) in [5, 5.41) is 0. The van der Waals surface area contributed by atoms with Crippen LogP contribution in [0.15, 0.2) is 22.6 Å². The molecule has 1 saturated heterocycles. The molecule has 2 N–H and O–H groups in total. The Kier molecular flexibility index (Phi) is 3.63. The molecule has 2 heterocycles. The van der Waals surface area contributed by atoms with Crippen LogP contribution in [-0.4, -0.2) is 47.5 Å². The fourth-order valence-corrected chi connectivity index (χ4v) is 2.89. The summed E-state index contributed by atoms with van der Waals surface area (Å²) in [4.78, 5) is 9.38. The van der Waals surface area contributed by atoms with E-state index in [9.17, 15) is 0 Å². The zero-order valence-corrected chi connectivity index (χ0v) is 12.2. The Morgan fingerprint density at radius 1 is 1.40 bits per heavy atom. The molecule has 2 aromatic rings. The topological polar surface area (TPSA) is 58.5 Å². The van der Waals surface area contributed by atoms with E-state index in [-0.39, 0.29) is 0 Å². The molecular weight excluding hydrogens is 252 g/mol. The predicted molar refractivity (Wildman–Crippen MR) is 80.4 cm³/mol. The lowest BCUT2D eigenvalue weighted by Crippen LogP contribution is -2.37. The van der Waals surface area contributed by atoms with Crippen LogP contribution in [0.2, 0.25) is 0 Å². The van der Waals surface area contributed by atoms with Gasteiger partial charge in [-0.2, -0.15) is 0 Å². The smallest absolute Gasteiger partial charge is 0.209 e. The molecule has 1 aliphatic heterocycles. The molecule has 0 radical (unpaired) electrons. The van der Waals surface area contributed by atoms with Crippen molar-refractivity contribution in [3.05, 3.63) is 24.1 Å². The van der Waals surface area contributed by atoms with Gasteiger partial charge >= 0.3 is 0 Å². The predicted octanol–water partition coefficient (Wildman–Crippen LogP) is 1.94. The number of fused-ring (bicyclic) bond motifs is 1. The molecule has 5 heteroatoms. The van der Waals surface area contributed by atoms with Gasteiger partial charge in [0.1, 0.15) is 5.52 Å². The van der Waals surface area contributed by atoms with Crippen LogP contribution in [0, 0.1) is 0 Å². The van der Waals surface area contributed by atoms with Crippen molar-refractivity contribution in [2.75, 3.05) is 32.4 Å². The standard InChI is InChI=1S/C15H22N4O/c1-11-9-18(2)6-3-7-19(11)10-15-17-13-5-4-12(16)8-14(13)20-15/h4-5,8,11H,3,6-7,9-10,16H2,1-2H3. The van der Waals surface area contributed by atoms with Crippen molar-refractivity contribution in [1.29, 1.82) is 0 Å². The van der Waals surface area contributed by atoms with Gasteiger partial charge < -0.3 is 15.1 Å². The Hall–Kier alpha value is -1.59. The van der Waals surface area contributed by atoms with E-state index >= 15 is 0 Å². The quantitative estimate of drug-likeness (QED) is 0.848. The van der Waals surface area contributed by atoms with Crippen LogP contribution in [0.5, 0.6) is 0 Å². The molecule has 1 fully saturated rings. The van der Waals surface area contributed by atoms with Gasteiger partial charge in [0.05, 0.1) is 6.54 Å². The largest absolute Gasteiger partial charge is 0.439 e. The molecule has 3 rings (SSSR count). The summed E-state index contributed by atoms with van der Waals surface area (Å²) in [6.07, 6.45) is 1.19. The molecule has 1 aromatic heterocycles. The molecule has 0 saturated carbocycles. The molecule has 0 aliphatic carbocycles. The first-order valence-electron chi connectivity index (χ1n) is 7.19. The van der Waals surface area contributed by atoms with Gasteiger partial charge in [-0.3, -0.25) is 4.90 Å². The molecule has 0 bridgehead atoms. The minimum Gasteiger partial charge on any atom is -0.439 e. The lowest BCUT2D eigenvalue weighted by atomic mass is 10.2. The molecule has 1 aromatic carbocycles. The number of hydrogen-bond acceptors (Lipinski definition) is 5. The van der Waals surface area contributed by atoms with E-state index in [1.165, 1.54) is 6.42 Å². The number of nitrogens with two attached hydrogens (primary N) is 1. The maximum atomic E-state index is 5.82. The summed E-state index contributed by atoms with van der Waals surface area (Å²) in [7, 11) is 2.18. The molecule has 0 spiro atoms. The van der Waals surface area contributed by atoms with Gasteiger partial charge in [0.2, 0.25) is 5.89 Å². The van der Waals surface area contributed by atoms with Gasteiger partial charge in [-0.05, 0) is 39.1 Å². The van der Waals surface area contributed by atoms with Gasteiger partial charge in [0, 0.05) is 30.9 Å². The number of anilines is 1. The van der Waals surface area contributed by atoms with Gasteiger partial charge in [-0.1, -0.05) is 0 Å². The van der Waals surface area contributed by atoms with E-state index in [1.54, 1.807) is 0 Å². The number of oxazole rings is 1. The van der Waals surface area contributed by atoms with Crippen LogP contribution in [-0.2, 0) is 6.54 Å². The Balaban J connectivity index is 1.78. The number of likely N-dealkylation sites (N-methyl/N-ethyl adjacent to an activating group) is 1. The summed E-state index contributed by atoms with van der Waals surface area (Å²) in [6, 6.07) is 6.13. The number of hydrogen-bond donors (Lipinski definition) is 1. The highest BCUT2D eigenvalue weighted by atomic mass is 16.3. The fourth-order valence-electron chi connectivity index (χ4n) is 2.89. The first kappa shape index (κ1) is 13.4. The van der Waals surface area contributed by atoms with Crippen LogP contribution in [0.25, 0.3) is 11.1 Å². The maximum absolute atomic E-state index is 5.82. The van der Waals surface area contributed by atoms with Crippen molar-refractivity contribution in [2.45, 2.75) is 25.9 Å². The van der Waals surface area contributed by atoms with Gasteiger partial charge in [0.25, 0.3) is 0 Å². The Morgan fingerprint density at radius 3 is 3.10 bits per heavy atom. The molecule has 20 heavy (non-hydrogen) atoms. The lowest BCUT2D eigenvalue weighted by molar-refractivity contribution is 0.180. The number of benzene rings is 1. The minimum atomic E-state index is 0.516. The Morgan fingerprint density at radius 2 is 2.25 bits per heavy atom. The summed E-state index contributed by atoms with van der Waals surface area (Å²) in [5.74, 6) is 0.780. The summed E-state index contributed by atoms with van der Waals surface area (Å²) in [6.45, 7) is 6.37. The molecule has 1 unspecified atom stereocenters. The van der Waals surface area contributed by atoms with E-state index in [2.05, 4.69) is 28.8 Å². The van der Waals surface area contributed by atoms with Crippen LogP contribution >= 0.6 is 0 Å². The monoisotopic (exact) mass is 274 g/mol. The average molecular weight is 274 g/mol. The fraction of sp³-hybridized carbons (Fsp3) is 0.533. The normalized spacial score (nSPS) is 22.2. The van der Waals surface area contributed by atoms with E-state index in [0.29, 0.717) is 11.7 Å². The van der Waals surface area contributed by atoms with E-state index in [0.717, 1.165) is 43.2 Å². The molecule has 1 aliphatic rings. The minimum absolute atomic E-state index is 0.516. The zero-order chi connectivity index (χ0) is 14.1. The second-order valence-electron chi connectivity index (χ2n) is 5.77. The van der Waals surface area contributed by atoms with Crippen LogP contribution in [0.1, 0.15) is 19.2 Å². The van der Waals surface area contributed by atoms with Crippen molar-refractivity contribution < 1.29 is 4.42 Å². The second kappa shape index (κ2) is 5.42. The SMILES string of the molecule is CC1CN(C)CCCN1Cc1nc2ccc(N)cc2o1. The van der Waals surface area contributed by atoms with Gasteiger partial charge in [0.15, 0.2) is 5.58 Å². The highest BCUT2D eigenvalue weighted by molar-refractivity contribution is 5.76. The zero-order valence-electron chi connectivity index (χ0n) is 12.2. The third-order valence-corrected chi connectivity index (χ3v) is 3.98. The number of nitrogen functional groups attached to an aromatic ring is 1. The maximum Gasteiger partial charge on any atom is 0.209 e. The summed E-state index contributed by atoms with van der Waals surface area (Å²) < 4.78 is 5.82. The third kappa shape index (κ3) is 2.78. The third-order valence-electron chi connectivity index (χ3n) is 3.98. The number of aromatic nitrogens is 1. The molecule has 108 valence electrons. The first-order valence-corrected chi connectivity index (χ1v) is 7.19. The summed E-state index contributed by atoms with van der Waals surface area (Å²) >= 11 is 0. The molecule has 5 nitrogen and oxygen atoms in total. The highest BCUT2D eigenvalue weighted by Crippen LogP contribution is 2.20. The first-order chi connectivity index (χ1) is 9.61. The molecule has 1 atom stereocenters. The van der Waals surface area contributed by atoms with E-state index in [1.807, 2.05) is 18.2 Å². The van der Waals surface area contributed by atoms with Gasteiger partial charge in [-0.15, -0.1) is 0 Å².